The van der Waals surface area contributed by atoms with Crippen LogP contribution in [0.2, 0.25) is 5.02 Å². The molecule has 0 bridgehead atoms. The molecule has 0 atom stereocenters. The Labute approximate surface area is 126 Å². The molecular formula is C14H12ClN5O. The SMILES string of the molecule is COc1cc(N)ccc1-c1nnnn1-c1cccc(Cl)c1. The number of benzene rings is 2. The molecule has 21 heavy (non-hydrogen) atoms. The van der Waals surface area contributed by atoms with Crippen molar-refractivity contribution in [3.8, 4) is 22.8 Å². The number of nitrogen functional groups attached to an aromatic ring is 1. The van der Waals surface area contributed by atoms with Crippen molar-refractivity contribution in [3.05, 3.63) is 47.5 Å². The largest absolute Gasteiger partial charge is 0.496 e. The Morgan fingerprint density at radius 3 is 2.81 bits per heavy atom. The fraction of sp³-hybridized carbons (Fsp3) is 0.0714. The summed E-state index contributed by atoms with van der Waals surface area (Å²) in [5, 5.41) is 12.4. The summed E-state index contributed by atoms with van der Waals surface area (Å²) in [6.07, 6.45) is 0. The second kappa shape index (κ2) is 5.41. The molecule has 0 unspecified atom stereocenters. The number of ether oxygens (including phenoxy) is 1. The number of hydrogen-bond donors (Lipinski definition) is 1. The van der Waals surface area contributed by atoms with Gasteiger partial charge < -0.3 is 10.5 Å². The third-order valence-corrected chi connectivity index (χ3v) is 3.22. The van der Waals surface area contributed by atoms with Gasteiger partial charge in [-0.15, -0.1) is 5.10 Å². The Bertz CT molecular complexity index is 787. The van der Waals surface area contributed by atoms with E-state index in [-0.39, 0.29) is 0 Å². The van der Waals surface area contributed by atoms with Crippen LogP contribution >= 0.6 is 11.6 Å². The molecule has 2 aromatic carbocycles. The van der Waals surface area contributed by atoms with Crippen molar-refractivity contribution in [1.82, 2.24) is 20.2 Å². The zero-order valence-electron chi connectivity index (χ0n) is 11.2. The maximum atomic E-state index is 6.02. The van der Waals surface area contributed by atoms with Gasteiger partial charge in [-0.3, -0.25) is 0 Å². The van der Waals surface area contributed by atoms with E-state index in [0.29, 0.717) is 22.3 Å². The molecule has 0 spiro atoms. The Morgan fingerprint density at radius 2 is 2.05 bits per heavy atom. The van der Waals surface area contributed by atoms with E-state index in [9.17, 15) is 0 Å². The first kappa shape index (κ1) is 13.4. The molecule has 3 rings (SSSR count). The maximum absolute atomic E-state index is 6.02. The summed E-state index contributed by atoms with van der Waals surface area (Å²) in [4.78, 5) is 0. The van der Waals surface area contributed by atoms with Gasteiger partial charge in [0.15, 0.2) is 5.82 Å². The van der Waals surface area contributed by atoms with E-state index in [1.165, 1.54) is 0 Å². The molecule has 0 aliphatic heterocycles. The van der Waals surface area contributed by atoms with E-state index >= 15 is 0 Å². The van der Waals surface area contributed by atoms with Gasteiger partial charge in [-0.25, -0.2) is 0 Å². The lowest BCUT2D eigenvalue weighted by Crippen LogP contribution is -2.01. The zero-order valence-corrected chi connectivity index (χ0v) is 11.9. The highest BCUT2D eigenvalue weighted by Crippen LogP contribution is 2.31. The number of rotatable bonds is 3. The van der Waals surface area contributed by atoms with Crippen LogP contribution in [0.15, 0.2) is 42.5 Å². The van der Waals surface area contributed by atoms with E-state index in [2.05, 4.69) is 15.5 Å². The number of hydrogen-bond acceptors (Lipinski definition) is 5. The number of halogens is 1. The quantitative estimate of drug-likeness (QED) is 0.752. The van der Waals surface area contributed by atoms with Crippen LogP contribution in [-0.4, -0.2) is 27.3 Å². The summed E-state index contributed by atoms with van der Waals surface area (Å²) in [5.41, 5.74) is 7.89. The molecule has 1 heterocycles. The summed E-state index contributed by atoms with van der Waals surface area (Å²) in [6.45, 7) is 0. The average molecular weight is 302 g/mol. The normalized spacial score (nSPS) is 10.6. The number of anilines is 1. The second-order valence-electron chi connectivity index (χ2n) is 4.35. The summed E-state index contributed by atoms with van der Waals surface area (Å²) >= 11 is 6.02. The van der Waals surface area contributed by atoms with Gasteiger partial charge in [-0.2, -0.15) is 4.68 Å². The van der Waals surface area contributed by atoms with Crippen LogP contribution in [0.3, 0.4) is 0 Å². The Kier molecular flexibility index (Phi) is 3.45. The van der Waals surface area contributed by atoms with Gasteiger partial charge in [0, 0.05) is 16.8 Å². The van der Waals surface area contributed by atoms with Crippen LogP contribution in [0.1, 0.15) is 0 Å². The third kappa shape index (κ3) is 2.53. The first-order chi connectivity index (χ1) is 10.2. The first-order valence-electron chi connectivity index (χ1n) is 6.17. The number of methoxy groups -OCH3 is 1. The molecule has 0 aliphatic rings. The van der Waals surface area contributed by atoms with Crippen molar-refractivity contribution in [1.29, 1.82) is 0 Å². The maximum Gasteiger partial charge on any atom is 0.190 e. The van der Waals surface area contributed by atoms with E-state index in [1.54, 1.807) is 36.1 Å². The smallest absolute Gasteiger partial charge is 0.190 e. The molecule has 106 valence electrons. The van der Waals surface area contributed by atoms with Crippen molar-refractivity contribution in [2.75, 3.05) is 12.8 Å². The molecule has 7 heteroatoms. The lowest BCUT2D eigenvalue weighted by Gasteiger charge is -2.09. The minimum absolute atomic E-state index is 0.550. The second-order valence-corrected chi connectivity index (χ2v) is 4.79. The predicted molar refractivity (Wildman–Crippen MR) is 80.6 cm³/mol. The van der Waals surface area contributed by atoms with Gasteiger partial charge in [0.1, 0.15) is 5.75 Å². The molecule has 1 aromatic heterocycles. The molecular weight excluding hydrogens is 290 g/mol. The van der Waals surface area contributed by atoms with Crippen molar-refractivity contribution < 1.29 is 4.74 Å². The van der Waals surface area contributed by atoms with E-state index in [0.717, 1.165) is 11.3 Å². The minimum Gasteiger partial charge on any atom is -0.496 e. The van der Waals surface area contributed by atoms with Gasteiger partial charge in [0.2, 0.25) is 0 Å². The molecule has 2 N–H and O–H groups in total. The topological polar surface area (TPSA) is 78.8 Å². The van der Waals surface area contributed by atoms with Crippen LogP contribution in [0.5, 0.6) is 5.75 Å². The van der Waals surface area contributed by atoms with Gasteiger partial charge in [0.05, 0.1) is 18.4 Å². The summed E-state index contributed by atoms with van der Waals surface area (Å²) < 4.78 is 6.95. The van der Waals surface area contributed by atoms with Crippen molar-refractivity contribution >= 4 is 17.3 Å². The first-order valence-corrected chi connectivity index (χ1v) is 6.55. The summed E-state index contributed by atoms with van der Waals surface area (Å²) in [6, 6.07) is 12.6. The molecule has 0 radical (unpaired) electrons. The van der Waals surface area contributed by atoms with Gasteiger partial charge in [0.25, 0.3) is 0 Å². The fourth-order valence-corrected chi connectivity index (χ4v) is 2.21. The van der Waals surface area contributed by atoms with Crippen LogP contribution in [0, 0.1) is 0 Å². The summed E-state index contributed by atoms with van der Waals surface area (Å²) in [7, 11) is 1.58. The highest BCUT2D eigenvalue weighted by atomic mass is 35.5. The van der Waals surface area contributed by atoms with Gasteiger partial charge in [-0.1, -0.05) is 17.7 Å². The monoisotopic (exact) mass is 301 g/mol. The standard InChI is InChI=1S/C14H12ClN5O/c1-21-13-8-10(16)5-6-12(13)14-17-18-19-20(14)11-4-2-3-9(15)7-11/h2-8H,16H2,1H3. The molecule has 0 aliphatic carbocycles. The molecule has 3 aromatic rings. The van der Waals surface area contributed by atoms with Crippen molar-refractivity contribution in [2.45, 2.75) is 0 Å². The van der Waals surface area contributed by atoms with Gasteiger partial charge >= 0.3 is 0 Å². The molecule has 6 nitrogen and oxygen atoms in total. The highest BCUT2D eigenvalue weighted by molar-refractivity contribution is 6.30. The van der Waals surface area contributed by atoms with Crippen LogP contribution in [0.25, 0.3) is 17.1 Å². The highest BCUT2D eigenvalue weighted by Gasteiger charge is 2.15. The van der Waals surface area contributed by atoms with Gasteiger partial charge in [-0.05, 0) is 40.8 Å². The van der Waals surface area contributed by atoms with Crippen LogP contribution in [0.4, 0.5) is 5.69 Å². The zero-order chi connectivity index (χ0) is 14.8. The number of tetrazole rings is 1. The van der Waals surface area contributed by atoms with Crippen molar-refractivity contribution in [2.24, 2.45) is 0 Å². The molecule has 0 saturated carbocycles. The van der Waals surface area contributed by atoms with E-state index < -0.39 is 0 Å². The third-order valence-electron chi connectivity index (χ3n) is 2.99. The lowest BCUT2D eigenvalue weighted by molar-refractivity contribution is 0.416. The Hall–Kier alpha value is -2.60. The van der Waals surface area contributed by atoms with Crippen LogP contribution < -0.4 is 10.5 Å². The van der Waals surface area contributed by atoms with Crippen LogP contribution in [-0.2, 0) is 0 Å². The summed E-state index contributed by atoms with van der Waals surface area (Å²) in [5.74, 6) is 1.15. The number of nitrogens with two attached hydrogens (primary N) is 1. The predicted octanol–water partition coefficient (Wildman–Crippen LogP) is 2.57. The molecule has 0 amide bonds. The Balaban J connectivity index is 2.16. The van der Waals surface area contributed by atoms with E-state index in [1.807, 2.05) is 18.2 Å². The number of nitrogens with zero attached hydrogens (tertiary/aromatic N) is 4. The lowest BCUT2D eigenvalue weighted by atomic mass is 10.1. The van der Waals surface area contributed by atoms with E-state index in [4.69, 9.17) is 22.1 Å². The fourth-order valence-electron chi connectivity index (χ4n) is 2.03. The average Bonchev–Trinajstić information content (AvgIpc) is 2.96. The molecule has 0 saturated heterocycles. The Morgan fingerprint density at radius 1 is 1.19 bits per heavy atom. The minimum atomic E-state index is 0.550. The van der Waals surface area contributed by atoms with Crippen molar-refractivity contribution in [3.63, 3.8) is 0 Å². The molecule has 0 fully saturated rings. The number of aromatic nitrogens is 4.